The van der Waals surface area contributed by atoms with E-state index in [2.05, 4.69) is 5.32 Å². The summed E-state index contributed by atoms with van der Waals surface area (Å²) in [6, 6.07) is 0.0964. The maximum absolute atomic E-state index is 11.5. The average Bonchev–Trinajstić information content (AvgIpc) is 2.87. The first kappa shape index (κ1) is 13.3. The van der Waals surface area contributed by atoms with Crippen LogP contribution in [0.25, 0.3) is 0 Å². The van der Waals surface area contributed by atoms with Crippen LogP contribution in [0.1, 0.15) is 39.5 Å². The summed E-state index contributed by atoms with van der Waals surface area (Å²) in [7, 11) is -2.84. The zero-order valence-electron chi connectivity index (χ0n) is 11.0. The first-order chi connectivity index (χ1) is 8.00. The molecular weight excluding hydrogens is 234 g/mol. The van der Waals surface area contributed by atoms with E-state index in [4.69, 9.17) is 0 Å². The van der Waals surface area contributed by atoms with Gasteiger partial charge < -0.3 is 5.32 Å². The van der Waals surface area contributed by atoms with Gasteiger partial charge in [0, 0.05) is 11.8 Å². The fourth-order valence-electron chi connectivity index (χ4n) is 3.54. The minimum Gasteiger partial charge on any atom is -0.313 e. The lowest BCUT2D eigenvalue weighted by molar-refractivity contribution is 0.311. The largest absolute Gasteiger partial charge is 0.313 e. The molecule has 17 heavy (non-hydrogen) atoms. The molecule has 2 aliphatic carbocycles. The van der Waals surface area contributed by atoms with E-state index in [1.54, 1.807) is 6.92 Å². The summed E-state index contributed by atoms with van der Waals surface area (Å²) in [6.45, 7) is 4.72. The molecule has 2 rings (SSSR count). The van der Waals surface area contributed by atoms with Crippen molar-refractivity contribution < 1.29 is 8.42 Å². The van der Waals surface area contributed by atoms with Gasteiger partial charge in [-0.2, -0.15) is 0 Å². The van der Waals surface area contributed by atoms with Gasteiger partial charge in [-0.05, 0) is 50.5 Å². The Balaban J connectivity index is 1.72. The normalized spacial score (nSPS) is 34.1. The first-order valence-electron chi connectivity index (χ1n) is 6.94. The van der Waals surface area contributed by atoms with Crippen LogP contribution in [-0.2, 0) is 9.84 Å². The molecule has 2 aliphatic rings. The molecule has 0 heterocycles. The molecule has 2 bridgehead atoms. The van der Waals surface area contributed by atoms with Gasteiger partial charge in [-0.25, -0.2) is 8.42 Å². The number of hydrogen-bond acceptors (Lipinski definition) is 3. The molecule has 0 spiro atoms. The topological polar surface area (TPSA) is 46.2 Å². The Kier molecular flexibility index (Phi) is 4.14. The van der Waals surface area contributed by atoms with Crippen LogP contribution in [0.5, 0.6) is 0 Å². The van der Waals surface area contributed by atoms with Gasteiger partial charge in [-0.3, -0.25) is 0 Å². The Labute approximate surface area is 105 Å². The zero-order chi connectivity index (χ0) is 12.5. The Morgan fingerprint density at radius 3 is 2.59 bits per heavy atom. The maximum atomic E-state index is 11.5. The standard InChI is InChI=1S/C13H25NO2S/c1-3-17(15,16)9-10(2)14-8-13-7-11-4-5-12(13)6-11/h10-14H,3-9H2,1-2H3. The lowest BCUT2D eigenvalue weighted by Crippen LogP contribution is -2.37. The monoisotopic (exact) mass is 259 g/mol. The van der Waals surface area contributed by atoms with Crippen LogP contribution < -0.4 is 5.32 Å². The summed E-state index contributed by atoms with van der Waals surface area (Å²) in [4.78, 5) is 0. The molecule has 2 fully saturated rings. The van der Waals surface area contributed by atoms with Crippen LogP contribution in [-0.4, -0.2) is 32.5 Å². The van der Waals surface area contributed by atoms with Crippen LogP contribution in [0.2, 0.25) is 0 Å². The third-order valence-corrected chi connectivity index (χ3v) is 6.44. The van der Waals surface area contributed by atoms with E-state index in [0.717, 1.165) is 24.3 Å². The molecule has 100 valence electrons. The minimum atomic E-state index is -2.84. The predicted molar refractivity (Wildman–Crippen MR) is 70.7 cm³/mol. The molecule has 0 radical (unpaired) electrons. The third kappa shape index (κ3) is 3.44. The molecule has 4 unspecified atom stereocenters. The molecule has 3 nitrogen and oxygen atoms in total. The maximum Gasteiger partial charge on any atom is 0.151 e. The fourth-order valence-corrected chi connectivity index (χ4v) is 4.65. The van der Waals surface area contributed by atoms with Crippen molar-refractivity contribution in [3.8, 4) is 0 Å². The van der Waals surface area contributed by atoms with Gasteiger partial charge >= 0.3 is 0 Å². The molecule has 0 aromatic carbocycles. The first-order valence-corrected chi connectivity index (χ1v) is 8.76. The van der Waals surface area contributed by atoms with Crippen LogP contribution >= 0.6 is 0 Å². The SMILES string of the molecule is CCS(=O)(=O)CC(C)NCC1CC2CCC1C2. The summed E-state index contributed by atoms with van der Waals surface area (Å²) in [6.07, 6.45) is 5.62. The molecule has 2 saturated carbocycles. The molecule has 0 aromatic rings. The molecule has 4 atom stereocenters. The van der Waals surface area contributed by atoms with Gasteiger partial charge in [-0.1, -0.05) is 13.3 Å². The highest BCUT2D eigenvalue weighted by Gasteiger charge is 2.39. The molecule has 0 amide bonds. The van der Waals surface area contributed by atoms with Crippen LogP contribution in [0.4, 0.5) is 0 Å². The molecule has 0 saturated heterocycles. The highest BCUT2D eigenvalue weighted by atomic mass is 32.2. The average molecular weight is 259 g/mol. The summed E-state index contributed by atoms with van der Waals surface area (Å²) in [5.74, 6) is 3.24. The van der Waals surface area contributed by atoms with Crippen molar-refractivity contribution in [1.29, 1.82) is 0 Å². The van der Waals surface area contributed by atoms with Crippen molar-refractivity contribution in [3.63, 3.8) is 0 Å². The summed E-state index contributed by atoms with van der Waals surface area (Å²) < 4.78 is 23.0. The van der Waals surface area contributed by atoms with E-state index in [0.29, 0.717) is 0 Å². The highest BCUT2D eigenvalue weighted by molar-refractivity contribution is 7.91. The van der Waals surface area contributed by atoms with E-state index >= 15 is 0 Å². The fraction of sp³-hybridized carbons (Fsp3) is 1.00. The van der Waals surface area contributed by atoms with E-state index in [1.807, 2.05) is 6.92 Å². The van der Waals surface area contributed by atoms with Gasteiger partial charge in [0.1, 0.15) is 0 Å². The van der Waals surface area contributed by atoms with Gasteiger partial charge in [0.25, 0.3) is 0 Å². The Morgan fingerprint density at radius 2 is 2.06 bits per heavy atom. The van der Waals surface area contributed by atoms with E-state index < -0.39 is 9.84 Å². The van der Waals surface area contributed by atoms with Crippen LogP contribution in [0.3, 0.4) is 0 Å². The number of hydrogen-bond donors (Lipinski definition) is 1. The molecule has 0 aliphatic heterocycles. The Hall–Kier alpha value is -0.0900. The second-order valence-electron chi connectivity index (χ2n) is 5.94. The lowest BCUT2D eigenvalue weighted by atomic mass is 9.89. The minimum absolute atomic E-state index is 0.0964. The van der Waals surface area contributed by atoms with Gasteiger partial charge in [0.2, 0.25) is 0 Å². The number of sulfone groups is 1. The van der Waals surface area contributed by atoms with Crippen molar-refractivity contribution in [2.24, 2.45) is 17.8 Å². The number of fused-ring (bicyclic) bond motifs is 2. The second kappa shape index (κ2) is 5.27. The van der Waals surface area contributed by atoms with E-state index in [9.17, 15) is 8.42 Å². The molecule has 0 aromatic heterocycles. The number of rotatable bonds is 6. The van der Waals surface area contributed by atoms with Gasteiger partial charge in [-0.15, -0.1) is 0 Å². The highest BCUT2D eigenvalue weighted by Crippen LogP contribution is 2.47. The lowest BCUT2D eigenvalue weighted by Gasteiger charge is -2.24. The Bertz CT molecular complexity index is 352. The van der Waals surface area contributed by atoms with Crippen molar-refractivity contribution in [2.45, 2.75) is 45.6 Å². The van der Waals surface area contributed by atoms with Crippen molar-refractivity contribution >= 4 is 9.84 Å². The summed E-state index contributed by atoms with van der Waals surface area (Å²) in [5, 5.41) is 3.42. The molecular formula is C13H25NO2S. The van der Waals surface area contributed by atoms with Crippen molar-refractivity contribution in [1.82, 2.24) is 5.32 Å². The smallest absolute Gasteiger partial charge is 0.151 e. The Morgan fingerprint density at radius 1 is 1.29 bits per heavy atom. The van der Waals surface area contributed by atoms with Gasteiger partial charge in [0.15, 0.2) is 9.84 Å². The van der Waals surface area contributed by atoms with Crippen molar-refractivity contribution in [3.05, 3.63) is 0 Å². The van der Waals surface area contributed by atoms with E-state index in [-0.39, 0.29) is 17.5 Å². The van der Waals surface area contributed by atoms with Crippen LogP contribution in [0, 0.1) is 17.8 Å². The van der Waals surface area contributed by atoms with Crippen LogP contribution in [0.15, 0.2) is 0 Å². The summed E-state index contributed by atoms with van der Waals surface area (Å²) in [5.41, 5.74) is 0. The predicted octanol–water partition coefficient (Wildman–Crippen LogP) is 1.84. The zero-order valence-corrected chi connectivity index (χ0v) is 11.8. The summed E-state index contributed by atoms with van der Waals surface area (Å²) >= 11 is 0. The van der Waals surface area contributed by atoms with E-state index in [1.165, 1.54) is 25.7 Å². The quantitative estimate of drug-likeness (QED) is 0.791. The van der Waals surface area contributed by atoms with Crippen molar-refractivity contribution in [2.75, 3.05) is 18.1 Å². The molecule has 1 N–H and O–H groups in total. The second-order valence-corrected chi connectivity index (χ2v) is 8.34. The third-order valence-electron chi connectivity index (χ3n) is 4.56. The number of nitrogens with one attached hydrogen (secondary N) is 1. The molecule has 4 heteroatoms. The van der Waals surface area contributed by atoms with Gasteiger partial charge in [0.05, 0.1) is 5.75 Å².